The van der Waals surface area contributed by atoms with Crippen LogP contribution in [-0.4, -0.2) is 5.54 Å². The maximum absolute atomic E-state index is 12.9. The van der Waals surface area contributed by atoms with Gasteiger partial charge in [0.2, 0.25) is 0 Å². The third kappa shape index (κ3) is 2.38. The van der Waals surface area contributed by atoms with Gasteiger partial charge in [0.05, 0.1) is 0 Å². The molecule has 0 heterocycles. The second-order valence-electron chi connectivity index (χ2n) is 4.58. The van der Waals surface area contributed by atoms with Crippen LogP contribution in [0.5, 0.6) is 0 Å². The van der Waals surface area contributed by atoms with E-state index in [2.05, 4.69) is 12.2 Å². The van der Waals surface area contributed by atoms with E-state index >= 15 is 0 Å². The van der Waals surface area contributed by atoms with Crippen molar-refractivity contribution >= 4 is 11.6 Å². The zero-order valence-corrected chi connectivity index (χ0v) is 10.3. The Morgan fingerprint density at radius 2 is 2.19 bits per heavy atom. The van der Waals surface area contributed by atoms with Crippen LogP contribution in [0.2, 0.25) is 5.02 Å². The molecule has 3 heteroatoms. The molecular formula is C13H17ClFN. The Hall–Kier alpha value is -0.600. The molecule has 0 aliphatic heterocycles. The van der Waals surface area contributed by atoms with Crippen molar-refractivity contribution in [3.63, 3.8) is 0 Å². The van der Waals surface area contributed by atoms with E-state index in [4.69, 9.17) is 11.6 Å². The molecule has 2 rings (SSSR count). The van der Waals surface area contributed by atoms with E-state index < -0.39 is 0 Å². The number of hydrogen-bond acceptors (Lipinski definition) is 1. The summed E-state index contributed by atoms with van der Waals surface area (Å²) in [6.45, 7) is 2.94. The second kappa shape index (κ2) is 4.72. The van der Waals surface area contributed by atoms with E-state index in [1.54, 1.807) is 6.07 Å². The Morgan fingerprint density at radius 1 is 1.44 bits per heavy atom. The molecule has 0 saturated heterocycles. The predicted octanol–water partition coefficient (Wildman–Crippen LogP) is 3.90. The maximum atomic E-state index is 12.9. The molecule has 1 nitrogen and oxygen atoms in total. The fraction of sp³-hybridized carbons (Fsp3) is 0.538. The highest BCUT2D eigenvalue weighted by atomic mass is 35.5. The molecule has 1 aliphatic carbocycles. The Kier molecular flexibility index (Phi) is 3.50. The first-order valence-corrected chi connectivity index (χ1v) is 6.22. The normalized spacial score (nSPS) is 18.2. The number of hydrogen-bond donors (Lipinski definition) is 1. The van der Waals surface area contributed by atoms with Gasteiger partial charge in [-0.15, -0.1) is 0 Å². The molecule has 0 radical (unpaired) electrons. The van der Waals surface area contributed by atoms with Gasteiger partial charge in [0.1, 0.15) is 5.82 Å². The second-order valence-corrected chi connectivity index (χ2v) is 4.98. The van der Waals surface area contributed by atoms with Crippen LogP contribution in [0.3, 0.4) is 0 Å². The highest BCUT2D eigenvalue weighted by molar-refractivity contribution is 6.31. The summed E-state index contributed by atoms with van der Waals surface area (Å²) in [6, 6.07) is 4.59. The summed E-state index contributed by atoms with van der Waals surface area (Å²) in [4.78, 5) is 0. The SMILES string of the molecule is CCC1(NCc2ccc(F)cc2Cl)CCC1. The van der Waals surface area contributed by atoms with E-state index in [9.17, 15) is 4.39 Å². The maximum Gasteiger partial charge on any atom is 0.124 e. The van der Waals surface area contributed by atoms with Gasteiger partial charge in [0.25, 0.3) is 0 Å². The van der Waals surface area contributed by atoms with E-state index in [1.165, 1.54) is 31.4 Å². The average Bonchev–Trinajstić information content (AvgIpc) is 2.19. The zero-order valence-electron chi connectivity index (χ0n) is 9.52. The number of benzene rings is 1. The van der Waals surface area contributed by atoms with Crippen LogP contribution in [0.25, 0.3) is 0 Å². The highest BCUT2D eigenvalue weighted by Gasteiger charge is 2.34. The average molecular weight is 242 g/mol. The minimum Gasteiger partial charge on any atom is -0.307 e. The lowest BCUT2D eigenvalue weighted by Gasteiger charge is -2.42. The minimum atomic E-state index is -0.275. The molecule has 0 aromatic heterocycles. The van der Waals surface area contributed by atoms with E-state index in [-0.39, 0.29) is 5.82 Å². The third-order valence-electron chi connectivity index (χ3n) is 3.66. The predicted molar refractivity (Wildman–Crippen MR) is 65.1 cm³/mol. The molecule has 1 aromatic rings. The van der Waals surface area contributed by atoms with Crippen LogP contribution in [0.4, 0.5) is 4.39 Å². The molecule has 1 aliphatic rings. The number of halogens is 2. The Labute approximate surface area is 101 Å². The van der Waals surface area contributed by atoms with Gasteiger partial charge in [-0.3, -0.25) is 0 Å². The molecule has 1 fully saturated rings. The highest BCUT2D eigenvalue weighted by Crippen LogP contribution is 2.35. The Bertz CT molecular complexity index is 369. The first-order valence-electron chi connectivity index (χ1n) is 5.84. The molecule has 1 N–H and O–H groups in total. The lowest BCUT2D eigenvalue weighted by molar-refractivity contribution is 0.175. The molecular weight excluding hydrogens is 225 g/mol. The minimum absolute atomic E-state index is 0.275. The van der Waals surface area contributed by atoms with Crippen LogP contribution >= 0.6 is 11.6 Å². The van der Waals surface area contributed by atoms with Crippen LogP contribution < -0.4 is 5.32 Å². The fourth-order valence-corrected chi connectivity index (χ4v) is 2.44. The molecule has 0 unspecified atom stereocenters. The van der Waals surface area contributed by atoms with Crippen molar-refractivity contribution in [3.05, 3.63) is 34.6 Å². The number of nitrogens with one attached hydrogen (secondary N) is 1. The van der Waals surface area contributed by atoms with Crippen molar-refractivity contribution < 1.29 is 4.39 Å². The van der Waals surface area contributed by atoms with Gasteiger partial charge in [-0.1, -0.05) is 24.6 Å². The monoisotopic (exact) mass is 241 g/mol. The number of rotatable bonds is 4. The van der Waals surface area contributed by atoms with Gasteiger partial charge in [-0.25, -0.2) is 4.39 Å². The first kappa shape index (κ1) is 11.9. The molecule has 0 amide bonds. The summed E-state index contributed by atoms with van der Waals surface area (Å²) >= 11 is 5.98. The third-order valence-corrected chi connectivity index (χ3v) is 4.01. The van der Waals surface area contributed by atoms with Crippen LogP contribution in [0.1, 0.15) is 38.2 Å². The Balaban J connectivity index is 1.99. The lowest BCUT2D eigenvalue weighted by Crippen LogP contribution is -2.49. The zero-order chi connectivity index (χ0) is 11.6. The van der Waals surface area contributed by atoms with Crippen molar-refractivity contribution in [2.75, 3.05) is 0 Å². The van der Waals surface area contributed by atoms with Gasteiger partial charge in [-0.2, -0.15) is 0 Å². The first-order chi connectivity index (χ1) is 7.65. The lowest BCUT2D eigenvalue weighted by atomic mass is 9.75. The van der Waals surface area contributed by atoms with E-state index in [0.717, 1.165) is 18.5 Å². The van der Waals surface area contributed by atoms with E-state index in [0.29, 0.717) is 10.6 Å². The van der Waals surface area contributed by atoms with Crippen molar-refractivity contribution in [1.82, 2.24) is 5.32 Å². The van der Waals surface area contributed by atoms with Crippen molar-refractivity contribution in [1.29, 1.82) is 0 Å². The summed E-state index contributed by atoms with van der Waals surface area (Å²) in [6.07, 6.45) is 4.93. The summed E-state index contributed by atoms with van der Waals surface area (Å²) in [5, 5.41) is 4.06. The quantitative estimate of drug-likeness (QED) is 0.843. The van der Waals surface area contributed by atoms with Crippen molar-refractivity contribution in [3.8, 4) is 0 Å². The van der Waals surface area contributed by atoms with Crippen LogP contribution in [0.15, 0.2) is 18.2 Å². The fourth-order valence-electron chi connectivity index (χ4n) is 2.21. The molecule has 1 aromatic carbocycles. The van der Waals surface area contributed by atoms with Gasteiger partial charge in [0, 0.05) is 17.1 Å². The van der Waals surface area contributed by atoms with E-state index in [1.807, 2.05) is 0 Å². The van der Waals surface area contributed by atoms with Crippen molar-refractivity contribution in [2.24, 2.45) is 0 Å². The molecule has 0 bridgehead atoms. The molecule has 16 heavy (non-hydrogen) atoms. The van der Waals surface area contributed by atoms with Gasteiger partial charge in [-0.05, 0) is 43.4 Å². The topological polar surface area (TPSA) is 12.0 Å². The molecule has 88 valence electrons. The van der Waals surface area contributed by atoms with Crippen LogP contribution in [0, 0.1) is 5.82 Å². The molecule has 1 saturated carbocycles. The summed E-state index contributed by atoms with van der Waals surface area (Å²) < 4.78 is 12.9. The Morgan fingerprint density at radius 3 is 2.69 bits per heavy atom. The summed E-state index contributed by atoms with van der Waals surface area (Å²) in [5.74, 6) is -0.275. The largest absolute Gasteiger partial charge is 0.307 e. The van der Waals surface area contributed by atoms with Gasteiger partial charge >= 0.3 is 0 Å². The summed E-state index contributed by atoms with van der Waals surface area (Å²) in [7, 11) is 0. The standard InChI is InChI=1S/C13H17ClFN/c1-2-13(6-3-7-13)16-9-10-4-5-11(15)8-12(10)14/h4-5,8,16H,2-3,6-7,9H2,1H3. The molecule has 0 spiro atoms. The smallest absolute Gasteiger partial charge is 0.124 e. The van der Waals surface area contributed by atoms with Gasteiger partial charge < -0.3 is 5.32 Å². The van der Waals surface area contributed by atoms with Crippen LogP contribution in [-0.2, 0) is 6.54 Å². The summed E-state index contributed by atoms with van der Waals surface area (Å²) in [5.41, 5.74) is 1.28. The van der Waals surface area contributed by atoms with Gasteiger partial charge in [0.15, 0.2) is 0 Å². The molecule has 0 atom stereocenters. The van der Waals surface area contributed by atoms with Crippen molar-refractivity contribution in [2.45, 2.75) is 44.7 Å².